The summed E-state index contributed by atoms with van der Waals surface area (Å²) in [4.78, 5) is 4.41. The summed E-state index contributed by atoms with van der Waals surface area (Å²) in [7, 11) is 1.84. The van der Waals surface area contributed by atoms with E-state index in [4.69, 9.17) is 4.74 Å². The van der Waals surface area contributed by atoms with Gasteiger partial charge < -0.3 is 15.4 Å². The third kappa shape index (κ3) is 6.20. The van der Waals surface area contributed by atoms with Crippen LogP contribution in [0.4, 0.5) is 0 Å². The molecule has 1 aromatic rings. The molecule has 1 unspecified atom stereocenters. The van der Waals surface area contributed by atoms with Gasteiger partial charge in [0, 0.05) is 31.6 Å². The Hall–Kier alpha value is -1.20. The van der Waals surface area contributed by atoms with Gasteiger partial charge in [0.25, 0.3) is 0 Å². The van der Waals surface area contributed by atoms with Gasteiger partial charge in [0.1, 0.15) is 0 Å². The SMILES string of the molecule is CN=C(NCC1(SC)CCOCC1)NC(C)c1ccc(CC(C)C)cc1. The Morgan fingerprint density at radius 3 is 2.38 bits per heavy atom. The van der Waals surface area contributed by atoms with Gasteiger partial charge in [-0.2, -0.15) is 11.8 Å². The molecular formula is C21H35N3OS. The molecule has 1 aliphatic heterocycles. The molecule has 0 saturated carbocycles. The van der Waals surface area contributed by atoms with Gasteiger partial charge in [-0.3, -0.25) is 4.99 Å². The number of rotatable bonds is 7. The van der Waals surface area contributed by atoms with Crippen molar-refractivity contribution in [2.24, 2.45) is 10.9 Å². The Balaban J connectivity index is 1.90. The minimum absolute atomic E-state index is 0.217. The van der Waals surface area contributed by atoms with Crippen LogP contribution in [0.15, 0.2) is 29.3 Å². The topological polar surface area (TPSA) is 45.7 Å². The summed E-state index contributed by atoms with van der Waals surface area (Å²) in [6, 6.07) is 9.16. The molecule has 0 radical (unpaired) electrons. The zero-order valence-corrected chi connectivity index (χ0v) is 17.8. The summed E-state index contributed by atoms with van der Waals surface area (Å²) < 4.78 is 5.78. The van der Waals surface area contributed by atoms with Crippen LogP contribution in [0.25, 0.3) is 0 Å². The van der Waals surface area contributed by atoms with E-state index in [-0.39, 0.29) is 10.8 Å². The van der Waals surface area contributed by atoms with Crippen molar-refractivity contribution in [1.29, 1.82) is 0 Å². The first kappa shape index (κ1) is 21.1. The molecule has 1 saturated heterocycles. The van der Waals surface area contributed by atoms with E-state index >= 15 is 0 Å². The number of nitrogens with zero attached hydrogens (tertiary/aromatic N) is 1. The van der Waals surface area contributed by atoms with E-state index in [2.05, 4.69) is 66.9 Å². The van der Waals surface area contributed by atoms with E-state index in [9.17, 15) is 0 Å². The summed E-state index contributed by atoms with van der Waals surface area (Å²) in [5.41, 5.74) is 2.69. The number of ether oxygens (including phenoxy) is 1. The predicted octanol–water partition coefficient (Wildman–Crippen LogP) is 4.02. The van der Waals surface area contributed by atoms with Crippen molar-refractivity contribution in [3.05, 3.63) is 35.4 Å². The Labute approximate surface area is 163 Å². The van der Waals surface area contributed by atoms with Crippen molar-refractivity contribution in [3.63, 3.8) is 0 Å². The molecule has 1 atom stereocenters. The molecule has 1 aromatic carbocycles. The lowest BCUT2D eigenvalue weighted by Crippen LogP contribution is -2.48. The van der Waals surface area contributed by atoms with Crippen LogP contribution in [0.5, 0.6) is 0 Å². The van der Waals surface area contributed by atoms with Crippen molar-refractivity contribution in [2.75, 3.05) is 33.1 Å². The van der Waals surface area contributed by atoms with Crippen molar-refractivity contribution in [1.82, 2.24) is 10.6 Å². The van der Waals surface area contributed by atoms with Crippen LogP contribution in [-0.2, 0) is 11.2 Å². The van der Waals surface area contributed by atoms with Crippen molar-refractivity contribution < 1.29 is 4.74 Å². The number of aliphatic imine (C=N–C) groups is 1. The normalized spacial score (nSPS) is 18.6. The minimum atomic E-state index is 0.217. The Kier molecular flexibility index (Phi) is 8.29. The van der Waals surface area contributed by atoms with E-state index in [0.29, 0.717) is 5.92 Å². The van der Waals surface area contributed by atoms with Crippen molar-refractivity contribution in [3.8, 4) is 0 Å². The molecule has 1 aliphatic rings. The van der Waals surface area contributed by atoms with Crippen LogP contribution in [-0.4, -0.2) is 43.8 Å². The number of hydrogen-bond acceptors (Lipinski definition) is 3. The first-order valence-electron chi connectivity index (χ1n) is 9.67. The Morgan fingerprint density at radius 2 is 1.85 bits per heavy atom. The van der Waals surface area contributed by atoms with Crippen molar-refractivity contribution in [2.45, 2.75) is 50.8 Å². The van der Waals surface area contributed by atoms with Crippen LogP contribution in [0, 0.1) is 5.92 Å². The third-order valence-corrected chi connectivity index (χ3v) is 6.53. The third-order valence-electron chi connectivity index (χ3n) is 5.12. The van der Waals surface area contributed by atoms with E-state index in [0.717, 1.165) is 45.0 Å². The van der Waals surface area contributed by atoms with Crippen LogP contribution in [0.3, 0.4) is 0 Å². The molecule has 2 rings (SSSR count). The minimum Gasteiger partial charge on any atom is -0.381 e. The number of guanidine groups is 1. The summed E-state index contributed by atoms with van der Waals surface area (Å²) in [6.07, 6.45) is 5.51. The largest absolute Gasteiger partial charge is 0.381 e. The Morgan fingerprint density at radius 1 is 1.19 bits per heavy atom. The summed E-state index contributed by atoms with van der Waals surface area (Å²) in [6.45, 7) is 9.32. The number of hydrogen-bond donors (Lipinski definition) is 2. The second-order valence-corrected chi connectivity index (χ2v) is 8.91. The average molecular weight is 378 g/mol. The van der Waals surface area contributed by atoms with Gasteiger partial charge in [0.15, 0.2) is 5.96 Å². The second-order valence-electron chi connectivity index (χ2n) is 7.63. The fourth-order valence-corrected chi connectivity index (χ4v) is 4.13. The maximum absolute atomic E-state index is 5.53. The maximum Gasteiger partial charge on any atom is 0.191 e. The average Bonchev–Trinajstić information content (AvgIpc) is 2.65. The van der Waals surface area contributed by atoms with Crippen LogP contribution in [0.1, 0.15) is 50.8 Å². The van der Waals surface area contributed by atoms with E-state index < -0.39 is 0 Å². The zero-order valence-electron chi connectivity index (χ0n) is 17.0. The molecule has 0 spiro atoms. The summed E-state index contributed by atoms with van der Waals surface area (Å²) in [5, 5.41) is 7.05. The molecule has 1 fully saturated rings. The highest BCUT2D eigenvalue weighted by molar-refractivity contribution is 8.00. The van der Waals surface area contributed by atoms with Crippen LogP contribution in [0.2, 0.25) is 0 Å². The molecule has 0 amide bonds. The molecule has 0 aliphatic carbocycles. The lowest BCUT2D eigenvalue weighted by molar-refractivity contribution is 0.0782. The molecular weight excluding hydrogens is 342 g/mol. The fraction of sp³-hybridized carbons (Fsp3) is 0.667. The molecule has 5 heteroatoms. The lowest BCUT2D eigenvalue weighted by atomic mass is 9.99. The molecule has 146 valence electrons. The molecule has 0 aromatic heterocycles. The van der Waals surface area contributed by atoms with Gasteiger partial charge in [0.05, 0.1) is 6.04 Å². The van der Waals surface area contributed by atoms with Crippen molar-refractivity contribution >= 4 is 17.7 Å². The van der Waals surface area contributed by atoms with E-state index in [1.807, 2.05) is 18.8 Å². The molecule has 26 heavy (non-hydrogen) atoms. The monoisotopic (exact) mass is 377 g/mol. The zero-order chi connectivity index (χ0) is 19.0. The van der Waals surface area contributed by atoms with Crippen LogP contribution < -0.4 is 10.6 Å². The lowest BCUT2D eigenvalue weighted by Gasteiger charge is -2.36. The van der Waals surface area contributed by atoms with Gasteiger partial charge in [-0.1, -0.05) is 38.1 Å². The van der Waals surface area contributed by atoms with E-state index in [1.54, 1.807) is 0 Å². The summed E-state index contributed by atoms with van der Waals surface area (Å²) in [5.74, 6) is 1.55. The quantitative estimate of drug-likeness (QED) is 0.556. The highest BCUT2D eigenvalue weighted by Gasteiger charge is 2.31. The van der Waals surface area contributed by atoms with Gasteiger partial charge in [0.2, 0.25) is 0 Å². The highest BCUT2D eigenvalue weighted by Crippen LogP contribution is 2.33. The maximum atomic E-state index is 5.53. The highest BCUT2D eigenvalue weighted by atomic mass is 32.2. The number of nitrogens with one attached hydrogen (secondary N) is 2. The van der Waals surface area contributed by atoms with E-state index in [1.165, 1.54) is 11.1 Å². The van der Waals surface area contributed by atoms with Gasteiger partial charge in [-0.25, -0.2) is 0 Å². The molecule has 4 nitrogen and oxygen atoms in total. The number of benzene rings is 1. The standard InChI is InChI=1S/C21H35N3OS/c1-16(2)14-18-6-8-19(9-7-18)17(3)24-20(22-4)23-15-21(26-5)10-12-25-13-11-21/h6-9,16-17H,10-15H2,1-5H3,(H2,22,23,24). The predicted molar refractivity (Wildman–Crippen MR) is 114 cm³/mol. The second kappa shape index (κ2) is 10.2. The van der Waals surface area contributed by atoms with Gasteiger partial charge in [-0.15, -0.1) is 0 Å². The first-order valence-corrected chi connectivity index (χ1v) is 10.9. The molecule has 2 N–H and O–H groups in total. The fourth-order valence-electron chi connectivity index (χ4n) is 3.34. The first-order chi connectivity index (χ1) is 12.5. The number of thioether (sulfide) groups is 1. The van der Waals surface area contributed by atoms with Gasteiger partial charge >= 0.3 is 0 Å². The van der Waals surface area contributed by atoms with Crippen LogP contribution >= 0.6 is 11.8 Å². The van der Waals surface area contributed by atoms with Gasteiger partial charge in [-0.05, 0) is 49.5 Å². The smallest absolute Gasteiger partial charge is 0.191 e. The summed E-state index contributed by atoms with van der Waals surface area (Å²) >= 11 is 1.94. The molecule has 1 heterocycles. The molecule has 0 bridgehead atoms. The Bertz CT molecular complexity index is 565.